The standard InChI is InChI=1S/C15H18N2O2/c1-2-12-4-6-14(19-12)15(17-16)11-3-5-13-10(9-11)7-8-18-13/h3-6,9,15,17H,2,7-8,16H2,1H3. The number of ether oxygens (including phenoxy) is 1. The minimum Gasteiger partial charge on any atom is -0.493 e. The van der Waals surface area contributed by atoms with E-state index in [9.17, 15) is 0 Å². The molecule has 2 heterocycles. The van der Waals surface area contributed by atoms with Gasteiger partial charge in [0.2, 0.25) is 0 Å². The van der Waals surface area contributed by atoms with Crippen LogP contribution in [0.4, 0.5) is 0 Å². The SMILES string of the molecule is CCc1ccc(C(NN)c2ccc3c(c2)CCO3)o1. The highest BCUT2D eigenvalue weighted by atomic mass is 16.5. The number of rotatable bonds is 4. The number of hydrogen-bond acceptors (Lipinski definition) is 4. The van der Waals surface area contributed by atoms with Crippen LogP contribution in [0.15, 0.2) is 34.7 Å². The van der Waals surface area contributed by atoms with Crippen molar-refractivity contribution in [1.29, 1.82) is 0 Å². The fourth-order valence-corrected chi connectivity index (χ4v) is 2.47. The third-order valence-electron chi connectivity index (χ3n) is 3.53. The van der Waals surface area contributed by atoms with Crippen LogP contribution >= 0.6 is 0 Å². The normalized spacial score (nSPS) is 15.1. The van der Waals surface area contributed by atoms with E-state index in [0.29, 0.717) is 0 Å². The molecule has 0 amide bonds. The molecular formula is C15H18N2O2. The van der Waals surface area contributed by atoms with E-state index >= 15 is 0 Å². The molecule has 1 unspecified atom stereocenters. The first-order valence-electron chi connectivity index (χ1n) is 6.62. The molecule has 0 saturated heterocycles. The zero-order valence-electron chi connectivity index (χ0n) is 11.0. The van der Waals surface area contributed by atoms with Crippen LogP contribution in [-0.2, 0) is 12.8 Å². The second kappa shape index (κ2) is 5.07. The molecule has 4 heteroatoms. The first kappa shape index (κ1) is 12.3. The minimum absolute atomic E-state index is 0.119. The van der Waals surface area contributed by atoms with Crippen molar-refractivity contribution < 1.29 is 9.15 Å². The Labute approximate surface area is 112 Å². The monoisotopic (exact) mass is 258 g/mol. The topological polar surface area (TPSA) is 60.4 Å². The number of aryl methyl sites for hydroxylation is 1. The number of fused-ring (bicyclic) bond motifs is 1. The molecule has 0 spiro atoms. The van der Waals surface area contributed by atoms with Gasteiger partial charge in [0.25, 0.3) is 0 Å². The van der Waals surface area contributed by atoms with Gasteiger partial charge in [-0.1, -0.05) is 13.0 Å². The van der Waals surface area contributed by atoms with Crippen molar-refractivity contribution in [2.24, 2.45) is 5.84 Å². The average molecular weight is 258 g/mol. The molecule has 1 aromatic carbocycles. The van der Waals surface area contributed by atoms with Crippen molar-refractivity contribution in [2.75, 3.05) is 6.61 Å². The predicted octanol–water partition coefficient (Wildman–Crippen LogP) is 2.33. The molecule has 1 aliphatic rings. The van der Waals surface area contributed by atoms with E-state index < -0.39 is 0 Å². The van der Waals surface area contributed by atoms with Gasteiger partial charge in [0, 0.05) is 12.8 Å². The Balaban J connectivity index is 1.93. The summed E-state index contributed by atoms with van der Waals surface area (Å²) in [6.45, 7) is 2.83. The number of nitrogens with one attached hydrogen (secondary N) is 1. The van der Waals surface area contributed by atoms with Gasteiger partial charge in [-0.15, -0.1) is 0 Å². The van der Waals surface area contributed by atoms with Crippen LogP contribution in [0.25, 0.3) is 0 Å². The molecule has 0 fully saturated rings. The molecule has 100 valence electrons. The van der Waals surface area contributed by atoms with Crippen molar-refractivity contribution in [3.63, 3.8) is 0 Å². The summed E-state index contributed by atoms with van der Waals surface area (Å²) in [5, 5.41) is 0. The molecule has 3 rings (SSSR count). The zero-order chi connectivity index (χ0) is 13.2. The van der Waals surface area contributed by atoms with Crippen LogP contribution in [0, 0.1) is 0 Å². The lowest BCUT2D eigenvalue weighted by Gasteiger charge is -2.14. The highest BCUT2D eigenvalue weighted by Gasteiger charge is 2.19. The molecular weight excluding hydrogens is 240 g/mol. The Kier molecular flexibility index (Phi) is 3.27. The average Bonchev–Trinajstić information content (AvgIpc) is 3.07. The summed E-state index contributed by atoms with van der Waals surface area (Å²) in [5.74, 6) is 8.49. The Morgan fingerprint density at radius 1 is 1.32 bits per heavy atom. The molecule has 0 aliphatic carbocycles. The summed E-state index contributed by atoms with van der Waals surface area (Å²) in [4.78, 5) is 0. The van der Waals surface area contributed by atoms with Crippen LogP contribution in [-0.4, -0.2) is 6.61 Å². The van der Waals surface area contributed by atoms with Gasteiger partial charge in [-0.25, -0.2) is 5.43 Å². The maximum Gasteiger partial charge on any atom is 0.126 e. The second-order valence-electron chi connectivity index (χ2n) is 4.72. The van der Waals surface area contributed by atoms with Gasteiger partial charge < -0.3 is 9.15 Å². The van der Waals surface area contributed by atoms with Crippen molar-refractivity contribution in [1.82, 2.24) is 5.43 Å². The van der Waals surface area contributed by atoms with Crippen molar-refractivity contribution >= 4 is 0 Å². The fraction of sp³-hybridized carbons (Fsp3) is 0.333. The highest BCUT2D eigenvalue weighted by molar-refractivity contribution is 5.42. The number of benzene rings is 1. The number of hydrazine groups is 1. The molecule has 3 N–H and O–H groups in total. The summed E-state index contributed by atoms with van der Waals surface area (Å²) in [5.41, 5.74) is 5.17. The van der Waals surface area contributed by atoms with E-state index in [-0.39, 0.29) is 6.04 Å². The van der Waals surface area contributed by atoms with Gasteiger partial charge in [-0.2, -0.15) is 0 Å². The second-order valence-corrected chi connectivity index (χ2v) is 4.72. The third kappa shape index (κ3) is 2.25. The summed E-state index contributed by atoms with van der Waals surface area (Å²) in [6, 6.07) is 10.0. The summed E-state index contributed by atoms with van der Waals surface area (Å²) in [6.07, 6.45) is 1.84. The van der Waals surface area contributed by atoms with Gasteiger partial charge >= 0.3 is 0 Å². The van der Waals surface area contributed by atoms with Crippen LogP contribution < -0.4 is 16.0 Å². The number of furan rings is 1. The largest absolute Gasteiger partial charge is 0.493 e. The van der Waals surface area contributed by atoms with Gasteiger partial charge in [-0.05, 0) is 35.4 Å². The van der Waals surface area contributed by atoms with Gasteiger partial charge in [0.15, 0.2) is 0 Å². The highest BCUT2D eigenvalue weighted by Crippen LogP contribution is 2.30. The molecule has 4 nitrogen and oxygen atoms in total. The summed E-state index contributed by atoms with van der Waals surface area (Å²) < 4.78 is 11.3. The van der Waals surface area contributed by atoms with Crippen LogP contribution in [0.1, 0.15) is 35.6 Å². The summed E-state index contributed by atoms with van der Waals surface area (Å²) in [7, 11) is 0. The van der Waals surface area contributed by atoms with Crippen LogP contribution in [0.3, 0.4) is 0 Å². The third-order valence-corrected chi connectivity index (χ3v) is 3.53. The zero-order valence-corrected chi connectivity index (χ0v) is 11.0. The molecule has 0 saturated carbocycles. The Morgan fingerprint density at radius 2 is 2.21 bits per heavy atom. The smallest absolute Gasteiger partial charge is 0.126 e. The minimum atomic E-state index is -0.119. The van der Waals surface area contributed by atoms with Crippen molar-refractivity contribution in [3.05, 3.63) is 53.0 Å². The first-order chi connectivity index (χ1) is 9.31. The van der Waals surface area contributed by atoms with Crippen LogP contribution in [0.2, 0.25) is 0 Å². The summed E-state index contributed by atoms with van der Waals surface area (Å²) >= 11 is 0. The number of nitrogens with two attached hydrogens (primary N) is 1. The lowest BCUT2D eigenvalue weighted by molar-refractivity contribution is 0.356. The van der Waals surface area contributed by atoms with E-state index in [1.165, 1.54) is 5.56 Å². The Bertz CT molecular complexity index is 577. The molecule has 19 heavy (non-hydrogen) atoms. The van der Waals surface area contributed by atoms with Crippen molar-refractivity contribution in [3.8, 4) is 5.75 Å². The molecule has 0 radical (unpaired) electrons. The lowest BCUT2D eigenvalue weighted by Crippen LogP contribution is -2.28. The molecule has 0 bridgehead atoms. The van der Waals surface area contributed by atoms with E-state index in [2.05, 4.69) is 18.4 Å². The maximum atomic E-state index is 5.79. The van der Waals surface area contributed by atoms with E-state index in [1.54, 1.807) is 0 Å². The molecule has 2 aromatic rings. The Morgan fingerprint density at radius 3 is 2.95 bits per heavy atom. The maximum absolute atomic E-state index is 5.79. The van der Waals surface area contributed by atoms with Gasteiger partial charge in [0.1, 0.15) is 23.3 Å². The van der Waals surface area contributed by atoms with Crippen molar-refractivity contribution in [2.45, 2.75) is 25.8 Å². The van der Waals surface area contributed by atoms with Gasteiger partial charge in [-0.3, -0.25) is 5.84 Å². The fourth-order valence-electron chi connectivity index (χ4n) is 2.47. The number of hydrogen-bond donors (Lipinski definition) is 2. The molecule has 1 aliphatic heterocycles. The molecule has 1 aromatic heterocycles. The first-order valence-corrected chi connectivity index (χ1v) is 6.62. The van der Waals surface area contributed by atoms with E-state index in [1.807, 2.05) is 24.3 Å². The quantitative estimate of drug-likeness (QED) is 0.652. The molecule has 1 atom stereocenters. The van der Waals surface area contributed by atoms with E-state index in [0.717, 1.165) is 42.3 Å². The Hall–Kier alpha value is -1.78. The van der Waals surface area contributed by atoms with Gasteiger partial charge in [0.05, 0.1) is 6.61 Å². The van der Waals surface area contributed by atoms with Crippen LogP contribution in [0.5, 0.6) is 5.75 Å². The lowest BCUT2D eigenvalue weighted by atomic mass is 10.0. The van der Waals surface area contributed by atoms with E-state index in [4.69, 9.17) is 15.0 Å². The predicted molar refractivity (Wildman–Crippen MR) is 72.9 cm³/mol.